The van der Waals surface area contributed by atoms with Crippen molar-refractivity contribution in [2.75, 3.05) is 24.8 Å². The molecule has 4 heteroatoms. The summed E-state index contributed by atoms with van der Waals surface area (Å²) in [6, 6.07) is 16.1. The van der Waals surface area contributed by atoms with Gasteiger partial charge in [0.1, 0.15) is 5.75 Å². The first-order chi connectivity index (χ1) is 10.3. The molecule has 110 valence electrons. The Bertz CT molecular complexity index is 632. The molecule has 0 aromatic heterocycles. The second-order valence-corrected chi connectivity index (χ2v) is 6.33. The van der Waals surface area contributed by atoms with Gasteiger partial charge >= 0.3 is 0 Å². The van der Waals surface area contributed by atoms with Crippen LogP contribution >= 0.6 is 11.8 Å². The fourth-order valence-corrected chi connectivity index (χ4v) is 4.03. The van der Waals surface area contributed by atoms with Gasteiger partial charge in [-0.2, -0.15) is 0 Å². The lowest BCUT2D eigenvalue weighted by Gasteiger charge is -2.39. The number of hydrogen-bond acceptors (Lipinski definition) is 4. The van der Waals surface area contributed by atoms with Gasteiger partial charge in [0.05, 0.1) is 19.3 Å². The summed E-state index contributed by atoms with van der Waals surface area (Å²) in [4.78, 5) is 1.24. The highest BCUT2D eigenvalue weighted by Crippen LogP contribution is 2.42. The van der Waals surface area contributed by atoms with Gasteiger partial charge in [-0.05, 0) is 30.2 Å². The van der Waals surface area contributed by atoms with E-state index < -0.39 is 5.54 Å². The molecule has 1 unspecified atom stereocenters. The lowest BCUT2D eigenvalue weighted by Crippen LogP contribution is -2.42. The number of benzene rings is 2. The van der Waals surface area contributed by atoms with E-state index in [1.54, 1.807) is 7.11 Å². The van der Waals surface area contributed by atoms with Crippen molar-refractivity contribution < 1.29 is 9.84 Å². The summed E-state index contributed by atoms with van der Waals surface area (Å²) >= 11 is 1.85. The van der Waals surface area contributed by atoms with Crippen LogP contribution in [-0.4, -0.2) is 24.6 Å². The van der Waals surface area contributed by atoms with Gasteiger partial charge < -0.3 is 15.2 Å². The van der Waals surface area contributed by atoms with Crippen LogP contribution in [0.2, 0.25) is 0 Å². The van der Waals surface area contributed by atoms with Crippen molar-refractivity contribution in [1.29, 1.82) is 0 Å². The Balaban J connectivity index is 1.98. The van der Waals surface area contributed by atoms with Crippen molar-refractivity contribution in [1.82, 2.24) is 0 Å². The molecule has 1 atom stereocenters. The van der Waals surface area contributed by atoms with E-state index >= 15 is 0 Å². The van der Waals surface area contributed by atoms with E-state index in [9.17, 15) is 5.11 Å². The van der Waals surface area contributed by atoms with E-state index in [0.29, 0.717) is 0 Å². The monoisotopic (exact) mass is 301 g/mol. The van der Waals surface area contributed by atoms with Crippen LogP contribution in [0.15, 0.2) is 53.4 Å². The predicted octanol–water partition coefficient (Wildman–Crippen LogP) is 3.49. The van der Waals surface area contributed by atoms with Crippen molar-refractivity contribution >= 4 is 17.4 Å². The zero-order valence-electron chi connectivity index (χ0n) is 12.0. The minimum Gasteiger partial charge on any atom is -0.497 e. The van der Waals surface area contributed by atoms with Gasteiger partial charge in [0.25, 0.3) is 0 Å². The van der Waals surface area contributed by atoms with Crippen LogP contribution in [0, 0.1) is 0 Å². The van der Waals surface area contributed by atoms with Crippen LogP contribution in [0.4, 0.5) is 5.69 Å². The van der Waals surface area contributed by atoms with Gasteiger partial charge in [-0.3, -0.25) is 0 Å². The molecule has 3 nitrogen and oxygen atoms in total. The number of rotatable bonds is 4. The summed E-state index contributed by atoms with van der Waals surface area (Å²) < 4.78 is 5.27. The fraction of sp³-hybridized carbons (Fsp3) is 0.294. The summed E-state index contributed by atoms with van der Waals surface area (Å²) in [5.74, 6) is 1.81. The third-order valence-electron chi connectivity index (χ3n) is 3.91. The third kappa shape index (κ3) is 2.74. The predicted molar refractivity (Wildman–Crippen MR) is 87.2 cm³/mol. The zero-order chi connectivity index (χ0) is 14.7. The van der Waals surface area contributed by atoms with Gasteiger partial charge in [-0.25, -0.2) is 0 Å². The minimum atomic E-state index is -0.422. The summed E-state index contributed by atoms with van der Waals surface area (Å²) in [7, 11) is 1.66. The molecule has 0 aliphatic carbocycles. The maximum atomic E-state index is 10.1. The van der Waals surface area contributed by atoms with Crippen LogP contribution in [0.3, 0.4) is 0 Å². The highest BCUT2D eigenvalue weighted by molar-refractivity contribution is 7.99. The van der Waals surface area contributed by atoms with Crippen molar-refractivity contribution in [3.63, 3.8) is 0 Å². The maximum absolute atomic E-state index is 10.1. The molecule has 0 saturated carbocycles. The van der Waals surface area contributed by atoms with Crippen LogP contribution in [0.5, 0.6) is 5.75 Å². The minimum absolute atomic E-state index is 0.0712. The average Bonchev–Trinajstić information content (AvgIpc) is 2.55. The molecule has 0 saturated heterocycles. The number of ether oxygens (including phenoxy) is 1. The number of hydrogen-bond donors (Lipinski definition) is 2. The Morgan fingerprint density at radius 2 is 2.10 bits per heavy atom. The number of nitrogens with one attached hydrogen (secondary N) is 1. The van der Waals surface area contributed by atoms with Crippen molar-refractivity contribution in [2.45, 2.75) is 16.9 Å². The van der Waals surface area contributed by atoms with E-state index in [4.69, 9.17) is 4.74 Å². The van der Waals surface area contributed by atoms with Crippen molar-refractivity contribution in [3.05, 3.63) is 54.1 Å². The molecule has 2 aromatic rings. The molecular weight excluding hydrogens is 282 g/mol. The molecule has 0 radical (unpaired) electrons. The number of methoxy groups -OCH3 is 1. The maximum Gasteiger partial charge on any atom is 0.120 e. The molecule has 0 bridgehead atoms. The quantitative estimate of drug-likeness (QED) is 0.907. The second kappa shape index (κ2) is 6.00. The molecule has 0 fully saturated rings. The SMILES string of the molecule is COc1cccc(NC2(CO)CCSc3ccccc32)c1. The highest BCUT2D eigenvalue weighted by atomic mass is 32.2. The van der Waals surface area contributed by atoms with Crippen LogP contribution < -0.4 is 10.1 Å². The van der Waals surface area contributed by atoms with Crippen molar-refractivity contribution in [3.8, 4) is 5.75 Å². The smallest absolute Gasteiger partial charge is 0.120 e. The Labute approximate surface area is 129 Å². The zero-order valence-corrected chi connectivity index (χ0v) is 12.8. The molecule has 2 aromatic carbocycles. The highest BCUT2D eigenvalue weighted by Gasteiger charge is 2.36. The number of aliphatic hydroxyl groups excluding tert-OH is 1. The summed E-state index contributed by atoms with van der Waals surface area (Å²) in [6.07, 6.45) is 0.891. The normalized spacial score (nSPS) is 20.7. The molecular formula is C17H19NO2S. The molecule has 1 aliphatic rings. The first-order valence-corrected chi connectivity index (χ1v) is 8.01. The van der Waals surface area contributed by atoms with Gasteiger partial charge in [0, 0.05) is 22.4 Å². The Morgan fingerprint density at radius 3 is 2.90 bits per heavy atom. The van der Waals surface area contributed by atoms with Crippen LogP contribution in [0.25, 0.3) is 0 Å². The van der Waals surface area contributed by atoms with E-state index in [1.165, 1.54) is 10.5 Å². The molecule has 3 rings (SSSR count). The fourth-order valence-electron chi connectivity index (χ4n) is 2.77. The van der Waals surface area contributed by atoms with Gasteiger partial charge in [0.15, 0.2) is 0 Å². The van der Waals surface area contributed by atoms with E-state index in [2.05, 4.69) is 17.4 Å². The number of thioether (sulfide) groups is 1. The number of anilines is 1. The van der Waals surface area contributed by atoms with E-state index in [1.807, 2.05) is 48.2 Å². The number of aliphatic hydroxyl groups is 1. The summed E-state index contributed by atoms with van der Waals surface area (Å²) in [5, 5.41) is 13.6. The average molecular weight is 301 g/mol. The third-order valence-corrected chi connectivity index (χ3v) is 4.99. The second-order valence-electron chi connectivity index (χ2n) is 5.19. The molecule has 2 N–H and O–H groups in total. The van der Waals surface area contributed by atoms with E-state index in [-0.39, 0.29) is 6.61 Å². The molecule has 21 heavy (non-hydrogen) atoms. The standard InChI is InChI=1S/C17H19NO2S/c1-20-14-6-4-5-13(11-14)18-17(12-19)9-10-21-16-8-3-2-7-15(16)17/h2-8,11,18-19H,9-10,12H2,1H3. The topological polar surface area (TPSA) is 41.5 Å². The van der Waals surface area contributed by atoms with E-state index in [0.717, 1.165) is 23.6 Å². The molecule has 1 aliphatic heterocycles. The first-order valence-electron chi connectivity index (χ1n) is 7.03. The first kappa shape index (κ1) is 14.3. The largest absolute Gasteiger partial charge is 0.497 e. The summed E-state index contributed by atoms with van der Waals surface area (Å²) in [6.45, 7) is 0.0712. The Morgan fingerprint density at radius 1 is 1.24 bits per heavy atom. The van der Waals surface area contributed by atoms with Crippen molar-refractivity contribution in [2.24, 2.45) is 0 Å². The Hall–Kier alpha value is -1.65. The molecule has 0 spiro atoms. The summed E-state index contributed by atoms with van der Waals surface area (Å²) in [5.41, 5.74) is 1.71. The van der Waals surface area contributed by atoms with Crippen LogP contribution in [-0.2, 0) is 5.54 Å². The van der Waals surface area contributed by atoms with Crippen LogP contribution in [0.1, 0.15) is 12.0 Å². The number of fused-ring (bicyclic) bond motifs is 1. The lowest BCUT2D eigenvalue weighted by molar-refractivity contribution is 0.205. The van der Waals surface area contributed by atoms with Gasteiger partial charge in [-0.1, -0.05) is 24.3 Å². The Kier molecular flexibility index (Phi) is 4.08. The molecule has 1 heterocycles. The lowest BCUT2D eigenvalue weighted by atomic mass is 9.87. The van der Waals surface area contributed by atoms with Gasteiger partial charge in [0.2, 0.25) is 0 Å². The van der Waals surface area contributed by atoms with Gasteiger partial charge in [-0.15, -0.1) is 11.8 Å². The molecule has 0 amide bonds.